The molecule has 0 saturated carbocycles. The molecule has 0 aliphatic carbocycles. The summed E-state index contributed by atoms with van der Waals surface area (Å²) in [6, 6.07) is 13.5. The van der Waals surface area contributed by atoms with Crippen molar-refractivity contribution in [2.24, 2.45) is 0 Å². The lowest BCUT2D eigenvalue weighted by atomic mass is 10.0. The SMILES string of the molecule is O=C1c2ccccc2N[C@@H](c2ccc(-n3ccnc3)cc2)N1CC(F)(F)F. The van der Waals surface area contributed by atoms with Gasteiger partial charge < -0.3 is 14.8 Å². The third kappa shape index (κ3) is 3.38. The number of hydrogen-bond acceptors (Lipinski definition) is 3. The van der Waals surface area contributed by atoms with Crippen LogP contribution in [-0.4, -0.2) is 33.1 Å². The fraction of sp³-hybridized carbons (Fsp3) is 0.158. The minimum atomic E-state index is -4.50. The molecule has 0 radical (unpaired) electrons. The van der Waals surface area contributed by atoms with Crippen molar-refractivity contribution >= 4 is 11.6 Å². The molecule has 0 saturated heterocycles. The van der Waals surface area contributed by atoms with Gasteiger partial charge in [-0.15, -0.1) is 0 Å². The van der Waals surface area contributed by atoms with Crippen molar-refractivity contribution in [3.63, 3.8) is 0 Å². The second-order valence-electron chi connectivity index (χ2n) is 6.20. The Balaban J connectivity index is 1.71. The largest absolute Gasteiger partial charge is 0.406 e. The molecular formula is C19H15F3N4O. The number of imidazole rings is 1. The number of fused-ring (bicyclic) bond motifs is 1. The highest BCUT2D eigenvalue weighted by molar-refractivity contribution is 6.01. The van der Waals surface area contributed by atoms with Crippen molar-refractivity contribution in [2.75, 3.05) is 11.9 Å². The molecule has 1 atom stereocenters. The first-order chi connectivity index (χ1) is 12.9. The van der Waals surface area contributed by atoms with E-state index in [0.717, 1.165) is 10.6 Å². The summed E-state index contributed by atoms with van der Waals surface area (Å²) in [5.74, 6) is -0.648. The Morgan fingerprint density at radius 3 is 2.48 bits per heavy atom. The Hall–Kier alpha value is -3.29. The lowest BCUT2D eigenvalue weighted by molar-refractivity contribution is -0.144. The highest BCUT2D eigenvalue weighted by Crippen LogP contribution is 2.35. The molecule has 2 aromatic carbocycles. The molecule has 138 valence electrons. The first-order valence-corrected chi connectivity index (χ1v) is 8.24. The third-order valence-electron chi connectivity index (χ3n) is 4.38. The zero-order chi connectivity index (χ0) is 19.0. The van der Waals surface area contributed by atoms with Crippen LogP contribution in [0.3, 0.4) is 0 Å². The number of halogens is 3. The van der Waals surface area contributed by atoms with Crippen molar-refractivity contribution < 1.29 is 18.0 Å². The highest BCUT2D eigenvalue weighted by Gasteiger charge is 2.40. The molecule has 4 rings (SSSR count). The van der Waals surface area contributed by atoms with Crippen LogP contribution in [0.25, 0.3) is 5.69 Å². The summed E-state index contributed by atoms with van der Waals surface area (Å²) < 4.78 is 41.1. The number of anilines is 1. The van der Waals surface area contributed by atoms with Gasteiger partial charge in [-0.3, -0.25) is 4.79 Å². The molecule has 1 N–H and O–H groups in total. The van der Waals surface area contributed by atoms with E-state index in [9.17, 15) is 18.0 Å². The van der Waals surface area contributed by atoms with Crippen molar-refractivity contribution in [3.05, 3.63) is 78.4 Å². The molecule has 0 spiro atoms. The highest BCUT2D eigenvalue weighted by atomic mass is 19.4. The van der Waals surface area contributed by atoms with Gasteiger partial charge in [-0.05, 0) is 29.8 Å². The number of carbonyl (C=O) groups is 1. The topological polar surface area (TPSA) is 50.2 Å². The van der Waals surface area contributed by atoms with Gasteiger partial charge in [0.05, 0.1) is 11.9 Å². The minimum Gasteiger partial charge on any atom is -0.361 e. The minimum absolute atomic E-state index is 0.230. The van der Waals surface area contributed by atoms with Gasteiger partial charge in [-0.1, -0.05) is 24.3 Å². The van der Waals surface area contributed by atoms with Gasteiger partial charge in [0.25, 0.3) is 5.91 Å². The lowest BCUT2D eigenvalue weighted by Crippen LogP contribution is -2.47. The molecule has 1 aliphatic heterocycles. The van der Waals surface area contributed by atoms with Crippen molar-refractivity contribution in [1.82, 2.24) is 14.5 Å². The molecule has 27 heavy (non-hydrogen) atoms. The average Bonchev–Trinajstić information content (AvgIpc) is 3.18. The second-order valence-corrected chi connectivity index (χ2v) is 6.20. The maximum absolute atomic E-state index is 13.1. The van der Waals surface area contributed by atoms with Crippen molar-refractivity contribution in [1.29, 1.82) is 0 Å². The monoisotopic (exact) mass is 372 g/mol. The van der Waals surface area contributed by atoms with Crippen molar-refractivity contribution in [2.45, 2.75) is 12.3 Å². The summed E-state index contributed by atoms with van der Waals surface area (Å²) in [5, 5.41) is 3.06. The van der Waals surface area contributed by atoms with E-state index in [1.165, 1.54) is 6.07 Å². The van der Waals surface area contributed by atoms with Gasteiger partial charge in [0.2, 0.25) is 0 Å². The summed E-state index contributed by atoms with van der Waals surface area (Å²) >= 11 is 0. The van der Waals surface area contributed by atoms with Crippen LogP contribution in [0.15, 0.2) is 67.3 Å². The van der Waals surface area contributed by atoms with Crippen LogP contribution in [0.5, 0.6) is 0 Å². The number of amides is 1. The van der Waals surface area contributed by atoms with Crippen LogP contribution in [-0.2, 0) is 0 Å². The number of nitrogens with one attached hydrogen (secondary N) is 1. The fourth-order valence-electron chi connectivity index (χ4n) is 3.15. The molecule has 1 amide bonds. The molecule has 3 aromatic rings. The van der Waals surface area contributed by atoms with E-state index in [0.29, 0.717) is 11.3 Å². The Morgan fingerprint density at radius 1 is 1.07 bits per heavy atom. The van der Waals surface area contributed by atoms with Gasteiger partial charge in [-0.2, -0.15) is 13.2 Å². The first-order valence-electron chi connectivity index (χ1n) is 8.24. The van der Waals surface area contributed by atoms with Crippen LogP contribution in [0.1, 0.15) is 22.1 Å². The van der Waals surface area contributed by atoms with E-state index in [4.69, 9.17) is 0 Å². The van der Waals surface area contributed by atoms with Crippen LogP contribution in [0.2, 0.25) is 0 Å². The molecule has 8 heteroatoms. The van der Waals surface area contributed by atoms with E-state index in [1.807, 2.05) is 0 Å². The molecule has 0 unspecified atom stereocenters. The predicted octanol–water partition coefficient (Wildman–Crippen LogP) is 4.00. The molecule has 1 aromatic heterocycles. The zero-order valence-electron chi connectivity index (χ0n) is 14.0. The van der Waals surface area contributed by atoms with Gasteiger partial charge in [0.1, 0.15) is 12.7 Å². The molecule has 2 heterocycles. The van der Waals surface area contributed by atoms with Gasteiger partial charge >= 0.3 is 6.18 Å². The Bertz CT molecular complexity index is 952. The van der Waals surface area contributed by atoms with E-state index in [-0.39, 0.29) is 5.56 Å². The summed E-state index contributed by atoms with van der Waals surface area (Å²) in [6.45, 7) is -1.33. The van der Waals surface area contributed by atoms with Gasteiger partial charge in [0.15, 0.2) is 0 Å². The number of para-hydroxylation sites is 1. The number of hydrogen-bond donors (Lipinski definition) is 1. The van der Waals surface area contributed by atoms with E-state index in [2.05, 4.69) is 10.3 Å². The number of benzene rings is 2. The fourth-order valence-corrected chi connectivity index (χ4v) is 3.15. The molecule has 1 aliphatic rings. The Kier molecular flexibility index (Phi) is 4.10. The molecule has 5 nitrogen and oxygen atoms in total. The smallest absolute Gasteiger partial charge is 0.361 e. The quantitative estimate of drug-likeness (QED) is 0.756. The summed E-state index contributed by atoms with van der Waals surface area (Å²) in [4.78, 5) is 17.5. The predicted molar refractivity (Wildman–Crippen MR) is 93.5 cm³/mol. The molecule has 0 fully saturated rings. The number of aromatic nitrogens is 2. The van der Waals surface area contributed by atoms with Gasteiger partial charge in [-0.25, -0.2) is 4.98 Å². The normalized spacial score (nSPS) is 16.8. The standard InChI is InChI=1S/C19H15F3N4O/c20-19(21,22)11-26-17(24-16-4-2-1-3-15(16)18(26)27)13-5-7-14(8-6-13)25-10-9-23-12-25/h1-10,12,17,24H,11H2/t17-/m1/s1. The Labute approximate surface area is 153 Å². The third-order valence-corrected chi connectivity index (χ3v) is 4.38. The summed E-state index contributed by atoms with van der Waals surface area (Å²) in [5.41, 5.74) is 2.13. The maximum Gasteiger partial charge on any atom is 0.406 e. The van der Waals surface area contributed by atoms with Crippen LogP contribution in [0.4, 0.5) is 18.9 Å². The van der Waals surface area contributed by atoms with Crippen LogP contribution in [0, 0.1) is 0 Å². The number of carbonyl (C=O) groups excluding carboxylic acids is 1. The average molecular weight is 372 g/mol. The Morgan fingerprint density at radius 2 is 1.81 bits per heavy atom. The van der Waals surface area contributed by atoms with E-state index >= 15 is 0 Å². The summed E-state index contributed by atoms with van der Waals surface area (Å²) in [6.07, 6.45) is -0.380. The molecule has 0 bridgehead atoms. The van der Waals surface area contributed by atoms with Gasteiger partial charge in [0, 0.05) is 23.8 Å². The maximum atomic E-state index is 13.1. The van der Waals surface area contributed by atoms with Crippen LogP contribution >= 0.6 is 0 Å². The number of alkyl halides is 3. The number of rotatable bonds is 3. The summed E-state index contributed by atoms with van der Waals surface area (Å²) in [7, 11) is 0. The van der Waals surface area contributed by atoms with E-state index < -0.39 is 24.8 Å². The molecular weight excluding hydrogens is 357 g/mol. The number of nitrogens with zero attached hydrogens (tertiary/aromatic N) is 3. The zero-order valence-corrected chi connectivity index (χ0v) is 14.0. The van der Waals surface area contributed by atoms with Crippen LogP contribution < -0.4 is 5.32 Å². The second kappa shape index (κ2) is 6.46. The lowest BCUT2D eigenvalue weighted by Gasteiger charge is -2.38. The van der Waals surface area contributed by atoms with Crippen molar-refractivity contribution in [3.8, 4) is 5.69 Å². The first kappa shape index (κ1) is 17.1. The van der Waals surface area contributed by atoms with E-state index in [1.54, 1.807) is 65.8 Å².